The Morgan fingerprint density at radius 1 is 0.321 bits per heavy atom. The summed E-state index contributed by atoms with van der Waals surface area (Å²) in [5, 5.41) is 11.7. The van der Waals surface area contributed by atoms with Crippen LogP contribution in [0, 0.1) is 0 Å². The minimum absolute atomic E-state index is 0.532. The molecule has 11 aromatic carbocycles. The fourth-order valence-electron chi connectivity index (χ4n) is 12.3. The van der Waals surface area contributed by atoms with E-state index in [9.17, 15) is 0 Å². The van der Waals surface area contributed by atoms with Gasteiger partial charge in [-0.15, -0.1) is 11.3 Å². The summed E-state index contributed by atoms with van der Waals surface area (Å²) in [5.74, 6) is 1.62. The van der Waals surface area contributed by atoms with Gasteiger partial charge in [0, 0.05) is 59.9 Å². The number of benzene rings is 11. The third-order valence-corrected chi connectivity index (χ3v) is 17.3. The van der Waals surface area contributed by atoms with Gasteiger partial charge in [-0.05, 0) is 99.4 Å². The van der Waals surface area contributed by atoms with Gasteiger partial charge in [0.2, 0.25) is 5.71 Å². The molecule has 0 fully saturated rings. The summed E-state index contributed by atoms with van der Waals surface area (Å²) in [6.45, 7) is 0. The number of rotatable bonds is 6. The summed E-state index contributed by atoms with van der Waals surface area (Å²) >= 11 is 1.68. The average molecular weight is 1090 g/mol. The van der Waals surface area contributed by atoms with Crippen LogP contribution >= 0.6 is 11.3 Å². The maximum Gasteiger partial charge on any atom is 0.247 e. The lowest BCUT2D eigenvalue weighted by Crippen LogP contribution is -2.03. The topological polar surface area (TPSA) is 87.4 Å². The zero-order valence-electron chi connectivity index (χ0n) is 44.9. The average Bonchev–Trinajstić information content (AvgIpc) is 1.97. The number of nitrogens with zero attached hydrogens (tertiary/aromatic N) is 7. The monoisotopic (exact) mass is 1090 g/mol. The van der Waals surface area contributed by atoms with Gasteiger partial charge in [0.1, 0.15) is 32.8 Å². The molecule has 8 nitrogen and oxygen atoms in total. The van der Waals surface area contributed by atoms with Crippen molar-refractivity contribution < 1.29 is 4.42 Å². The van der Waals surface area contributed by atoms with Gasteiger partial charge in [-0.1, -0.05) is 200 Å². The predicted octanol–water partition coefficient (Wildman–Crippen LogP) is 19.8. The molecule has 0 atom stereocenters. The molecule has 0 aliphatic rings. The molecule has 0 bridgehead atoms. The van der Waals surface area contributed by atoms with Crippen LogP contribution in [0.4, 0.5) is 0 Å². The zero-order chi connectivity index (χ0) is 55.2. The first-order valence-corrected chi connectivity index (χ1v) is 28.9. The van der Waals surface area contributed by atoms with Crippen LogP contribution in [0.1, 0.15) is 0 Å². The number of hydrogen-bond donors (Lipinski definition) is 0. The van der Waals surface area contributed by atoms with Gasteiger partial charge in [0.15, 0.2) is 11.6 Å². The summed E-state index contributed by atoms with van der Waals surface area (Å²) < 4.78 is 12.1. The number of pyridine rings is 1. The molecule has 0 amide bonds. The highest BCUT2D eigenvalue weighted by Gasteiger charge is 2.24. The van der Waals surface area contributed by atoms with Crippen molar-refractivity contribution in [3.63, 3.8) is 0 Å². The molecule has 0 N–H and O–H groups in total. The van der Waals surface area contributed by atoms with Crippen LogP contribution in [-0.2, 0) is 0 Å². The zero-order valence-corrected chi connectivity index (χ0v) is 45.7. The van der Waals surface area contributed by atoms with E-state index in [0.717, 1.165) is 116 Å². The molecule has 18 rings (SSSR count). The Bertz CT molecular complexity index is 5570. The smallest absolute Gasteiger partial charge is 0.247 e. The summed E-state index contributed by atoms with van der Waals surface area (Å²) in [4.78, 5) is 26.9. The van der Waals surface area contributed by atoms with Crippen molar-refractivity contribution in [3.8, 4) is 56.5 Å². The third-order valence-electron chi connectivity index (χ3n) is 16.2. The fourth-order valence-corrected chi connectivity index (χ4v) is 13.3. The summed E-state index contributed by atoms with van der Waals surface area (Å²) in [7, 11) is 0. The Morgan fingerprint density at radius 3 is 1.43 bits per heavy atom. The molecule has 0 unspecified atom stereocenters. The minimum atomic E-state index is 0.532. The number of para-hydroxylation sites is 2. The summed E-state index contributed by atoms with van der Waals surface area (Å²) in [6.07, 6.45) is 1.83. The van der Waals surface area contributed by atoms with Crippen LogP contribution in [0.15, 0.2) is 278 Å². The van der Waals surface area contributed by atoms with Crippen molar-refractivity contribution in [2.24, 2.45) is 0 Å². The molecular formula is C75H45N7OS. The molecule has 0 spiro atoms. The maximum atomic E-state index is 6.33. The van der Waals surface area contributed by atoms with Crippen molar-refractivity contribution in [1.29, 1.82) is 0 Å². The Hall–Kier alpha value is -11.1. The maximum absolute atomic E-state index is 6.33. The molecule has 0 radical (unpaired) electrons. The molecule has 7 aromatic heterocycles. The second kappa shape index (κ2) is 19.3. The van der Waals surface area contributed by atoms with E-state index in [2.05, 4.69) is 226 Å². The summed E-state index contributed by atoms with van der Waals surface area (Å²) in [5.41, 5.74) is 15.4. The van der Waals surface area contributed by atoms with Crippen molar-refractivity contribution in [1.82, 2.24) is 34.1 Å². The lowest BCUT2D eigenvalue weighted by molar-refractivity contribution is 0.653. The van der Waals surface area contributed by atoms with E-state index in [1.54, 1.807) is 11.3 Å². The van der Waals surface area contributed by atoms with Crippen LogP contribution in [0.25, 0.3) is 164 Å². The molecule has 9 heteroatoms. The molecule has 7 heterocycles. The van der Waals surface area contributed by atoms with Gasteiger partial charge in [-0.25, -0.2) is 19.9 Å². The standard InChI is InChI=1S/C38H23N3O.C37H22N4S/c1-3-11-24(12-4-1)28-19-20-34-31(22-28)36-38(42-34)40-35(25-13-5-2-6-14-25)37(39-36)41-32-18-10-9-17-29(32)30-21-26-15-7-8-16-27(26)23-33(30)41;1-2-10-23(11-3-1)34-36(39-35-28-18-17-26(30-15-8-9-19-38-30)22-33(28)42-37(35)40-34)41-31-16-7-6-14-27(31)29-20-24-12-4-5-13-25(24)21-32(29)41/h1-23H;1-22H. The normalized spacial score (nSPS) is 11.8. The van der Waals surface area contributed by atoms with Crippen LogP contribution < -0.4 is 0 Å². The Labute approximate surface area is 484 Å². The number of hydrogen-bond acceptors (Lipinski definition) is 7. The van der Waals surface area contributed by atoms with Crippen LogP contribution in [0.3, 0.4) is 0 Å². The van der Waals surface area contributed by atoms with Crippen LogP contribution in [-0.4, -0.2) is 34.1 Å². The van der Waals surface area contributed by atoms with Crippen molar-refractivity contribution >= 4 is 119 Å². The highest BCUT2D eigenvalue weighted by Crippen LogP contribution is 2.43. The van der Waals surface area contributed by atoms with E-state index in [1.807, 2.05) is 60.8 Å². The van der Waals surface area contributed by atoms with E-state index in [0.29, 0.717) is 5.71 Å². The van der Waals surface area contributed by atoms with Crippen LogP contribution in [0.2, 0.25) is 0 Å². The number of fused-ring (bicyclic) bond motifs is 14. The van der Waals surface area contributed by atoms with E-state index in [-0.39, 0.29) is 0 Å². The lowest BCUT2D eigenvalue weighted by atomic mass is 10.0. The van der Waals surface area contributed by atoms with E-state index in [4.69, 9.17) is 24.4 Å². The molecular weight excluding hydrogens is 1050 g/mol. The largest absolute Gasteiger partial charge is 0.436 e. The highest BCUT2D eigenvalue weighted by molar-refractivity contribution is 7.25. The first-order chi connectivity index (χ1) is 41.6. The highest BCUT2D eigenvalue weighted by atomic mass is 32.1. The summed E-state index contributed by atoms with van der Waals surface area (Å²) in [6, 6.07) is 93.2. The Morgan fingerprint density at radius 2 is 0.833 bits per heavy atom. The van der Waals surface area contributed by atoms with Gasteiger partial charge in [-0.2, -0.15) is 0 Å². The molecule has 392 valence electrons. The Kier molecular flexibility index (Phi) is 10.9. The number of aromatic nitrogens is 7. The molecule has 0 aliphatic carbocycles. The SMILES string of the molecule is c1ccc(-c2ccc3oc4nc(-c5ccccc5)c(-n5c6ccccc6c6cc7ccccc7cc65)nc4c3c2)cc1.c1ccc(-c2nc3sc4cc(-c5ccccn5)ccc4c3nc2-n2c3ccccc3c3cc4ccccc4cc32)cc1. The van der Waals surface area contributed by atoms with E-state index < -0.39 is 0 Å². The first-order valence-electron chi connectivity index (χ1n) is 28.0. The second-order valence-electron chi connectivity index (χ2n) is 21.2. The quantitative estimate of drug-likeness (QED) is 0.165. The molecule has 0 saturated heterocycles. The van der Waals surface area contributed by atoms with Gasteiger partial charge in [-0.3, -0.25) is 14.1 Å². The van der Waals surface area contributed by atoms with Gasteiger partial charge in [0.25, 0.3) is 0 Å². The number of furan rings is 1. The van der Waals surface area contributed by atoms with Gasteiger partial charge < -0.3 is 4.42 Å². The van der Waals surface area contributed by atoms with E-state index >= 15 is 0 Å². The molecule has 84 heavy (non-hydrogen) atoms. The van der Waals surface area contributed by atoms with Gasteiger partial charge in [0.05, 0.1) is 27.8 Å². The van der Waals surface area contributed by atoms with Crippen molar-refractivity contribution in [3.05, 3.63) is 273 Å². The predicted molar refractivity (Wildman–Crippen MR) is 347 cm³/mol. The third kappa shape index (κ3) is 7.78. The molecule has 0 aliphatic heterocycles. The van der Waals surface area contributed by atoms with Crippen molar-refractivity contribution in [2.75, 3.05) is 0 Å². The minimum Gasteiger partial charge on any atom is -0.436 e. The van der Waals surface area contributed by atoms with E-state index in [1.165, 1.54) is 43.1 Å². The Balaban J connectivity index is 0.000000132. The molecule has 0 saturated carbocycles. The second-order valence-corrected chi connectivity index (χ2v) is 22.2. The lowest BCUT2D eigenvalue weighted by Gasteiger charge is -2.13. The van der Waals surface area contributed by atoms with Crippen molar-refractivity contribution in [2.45, 2.75) is 0 Å². The number of thiophene rings is 1. The first kappa shape index (κ1) is 47.7. The fraction of sp³-hybridized carbons (Fsp3) is 0. The van der Waals surface area contributed by atoms with Crippen LogP contribution in [0.5, 0.6) is 0 Å². The molecule has 18 aromatic rings. The van der Waals surface area contributed by atoms with Gasteiger partial charge >= 0.3 is 0 Å².